The summed E-state index contributed by atoms with van der Waals surface area (Å²) in [5, 5.41) is 3.55. The highest BCUT2D eigenvalue weighted by Gasteiger charge is 2.31. The molecule has 0 aliphatic heterocycles. The van der Waals surface area contributed by atoms with E-state index in [0.717, 1.165) is 30.3 Å². The second kappa shape index (κ2) is 8.23. The van der Waals surface area contributed by atoms with Gasteiger partial charge in [0.15, 0.2) is 0 Å². The van der Waals surface area contributed by atoms with E-state index in [1.807, 2.05) is 0 Å². The van der Waals surface area contributed by atoms with E-state index in [1.165, 1.54) is 32.4 Å². The highest BCUT2D eigenvalue weighted by molar-refractivity contribution is 4.86. The fraction of sp³-hybridized carbons (Fsp3) is 1.00. The standard InChI is InChI=1S/C16H35N3/c1-13(2)14-7-8-16(17-3)15(11-14)12-19(6)10-9-18(4)5/h13-17H,7-12H2,1-6H3. The van der Waals surface area contributed by atoms with Crippen LogP contribution < -0.4 is 5.32 Å². The van der Waals surface area contributed by atoms with Gasteiger partial charge in [-0.3, -0.25) is 0 Å². The molecule has 0 aromatic rings. The number of nitrogens with one attached hydrogen (secondary N) is 1. The molecule has 0 aromatic carbocycles. The number of rotatable bonds is 7. The van der Waals surface area contributed by atoms with E-state index in [1.54, 1.807) is 0 Å². The zero-order chi connectivity index (χ0) is 14.4. The monoisotopic (exact) mass is 269 g/mol. The Balaban J connectivity index is 2.46. The maximum atomic E-state index is 3.55. The molecule has 0 aromatic heterocycles. The molecule has 0 amide bonds. The molecule has 0 radical (unpaired) electrons. The third-order valence-electron chi connectivity index (χ3n) is 4.81. The number of likely N-dealkylation sites (N-methyl/N-ethyl adjacent to an activating group) is 2. The molecule has 1 aliphatic rings. The van der Waals surface area contributed by atoms with Gasteiger partial charge in [0.1, 0.15) is 0 Å². The van der Waals surface area contributed by atoms with E-state index in [4.69, 9.17) is 0 Å². The van der Waals surface area contributed by atoms with Crippen LogP contribution in [0.4, 0.5) is 0 Å². The van der Waals surface area contributed by atoms with Crippen LogP contribution in [0.15, 0.2) is 0 Å². The highest BCUT2D eigenvalue weighted by atomic mass is 15.2. The normalized spacial score (nSPS) is 28.6. The van der Waals surface area contributed by atoms with Crippen molar-refractivity contribution >= 4 is 0 Å². The molecular weight excluding hydrogens is 234 g/mol. The van der Waals surface area contributed by atoms with Gasteiger partial charge in [0.05, 0.1) is 0 Å². The number of hydrogen-bond donors (Lipinski definition) is 1. The maximum Gasteiger partial charge on any atom is 0.0106 e. The molecular formula is C16H35N3. The summed E-state index contributed by atoms with van der Waals surface area (Å²) in [4.78, 5) is 4.78. The molecule has 19 heavy (non-hydrogen) atoms. The third kappa shape index (κ3) is 5.80. The van der Waals surface area contributed by atoms with Crippen LogP contribution in [-0.2, 0) is 0 Å². The van der Waals surface area contributed by atoms with Crippen LogP contribution in [0.3, 0.4) is 0 Å². The van der Waals surface area contributed by atoms with E-state index >= 15 is 0 Å². The Morgan fingerprint density at radius 2 is 1.79 bits per heavy atom. The van der Waals surface area contributed by atoms with Crippen LogP contribution in [0.25, 0.3) is 0 Å². The van der Waals surface area contributed by atoms with Crippen LogP contribution in [0.1, 0.15) is 33.1 Å². The van der Waals surface area contributed by atoms with Crippen molar-refractivity contribution in [3.63, 3.8) is 0 Å². The lowest BCUT2D eigenvalue weighted by Crippen LogP contribution is -2.45. The van der Waals surface area contributed by atoms with Gasteiger partial charge in [-0.05, 0) is 65.2 Å². The van der Waals surface area contributed by atoms with Gasteiger partial charge in [0.25, 0.3) is 0 Å². The molecule has 3 nitrogen and oxygen atoms in total. The minimum absolute atomic E-state index is 0.719. The van der Waals surface area contributed by atoms with E-state index in [0.29, 0.717) is 0 Å². The lowest BCUT2D eigenvalue weighted by molar-refractivity contribution is 0.133. The van der Waals surface area contributed by atoms with Gasteiger partial charge in [-0.1, -0.05) is 13.8 Å². The van der Waals surface area contributed by atoms with Crippen molar-refractivity contribution in [1.29, 1.82) is 0 Å². The molecule has 0 bridgehead atoms. The first-order valence-corrected chi connectivity index (χ1v) is 7.94. The molecule has 1 aliphatic carbocycles. The fourth-order valence-corrected chi connectivity index (χ4v) is 3.35. The number of hydrogen-bond acceptors (Lipinski definition) is 3. The molecule has 1 N–H and O–H groups in total. The molecule has 114 valence electrons. The lowest BCUT2D eigenvalue weighted by atomic mass is 9.73. The first-order valence-electron chi connectivity index (χ1n) is 7.94. The summed E-state index contributed by atoms with van der Waals surface area (Å²) in [5.41, 5.74) is 0. The second-order valence-corrected chi connectivity index (χ2v) is 7.04. The highest BCUT2D eigenvalue weighted by Crippen LogP contribution is 2.34. The predicted molar refractivity (Wildman–Crippen MR) is 84.6 cm³/mol. The van der Waals surface area contributed by atoms with Crippen molar-refractivity contribution in [2.75, 3.05) is 47.8 Å². The molecule has 1 rings (SSSR count). The third-order valence-corrected chi connectivity index (χ3v) is 4.81. The van der Waals surface area contributed by atoms with Crippen LogP contribution in [-0.4, -0.2) is 63.7 Å². The minimum Gasteiger partial charge on any atom is -0.317 e. The lowest BCUT2D eigenvalue weighted by Gasteiger charge is -2.39. The van der Waals surface area contributed by atoms with Crippen LogP contribution in [0, 0.1) is 17.8 Å². The molecule has 3 heteroatoms. The van der Waals surface area contributed by atoms with Crippen molar-refractivity contribution in [3.05, 3.63) is 0 Å². The second-order valence-electron chi connectivity index (χ2n) is 7.04. The van der Waals surface area contributed by atoms with E-state index < -0.39 is 0 Å². The van der Waals surface area contributed by atoms with Gasteiger partial charge in [-0.2, -0.15) is 0 Å². The van der Waals surface area contributed by atoms with Crippen LogP contribution >= 0.6 is 0 Å². The van der Waals surface area contributed by atoms with Crippen molar-refractivity contribution in [3.8, 4) is 0 Å². The van der Waals surface area contributed by atoms with E-state index in [-0.39, 0.29) is 0 Å². The molecule has 0 spiro atoms. The van der Waals surface area contributed by atoms with Gasteiger partial charge < -0.3 is 15.1 Å². The number of nitrogens with zero attached hydrogens (tertiary/aromatic N) is 2. The summed E-state index contributed by atoms with van der Waals surface area (Å²) in [5.74, 6) is 2.59. The molecule has 3 atom stereocenters. The van der Waals surface area contributed by atoms with Gasteiger partial charge in [0.2, 0.25) is 0 Å². The molecule has 1 fully saturated rings. The van der Waals surface area contributed by atoms with Gasteiger partial charge >= 0.3 is 0 Å². The van der Waals surface area contributed by atoms with Crippen molar-refractivity contribution in [2.45, 2.75) is 39.2 Å². The average Bonchev–Trinajstić information content (AvgIpc) is 2.36. The van der Waals surface area contributed by atoms with Crippen molar-refractivity contribution in [2.24, 2.45) is 17.8 Å². The molecule has 3 unspecified atom stereocenters. The molecule has 1 saturated carbocycles. The summed E-state index contributed by atoms with van der Waals surface area (Å²) in [6.07, 6.45) is 4.15. The Morgan fingerprint density at radius 1 is 1.11 bits per heavy atom. The first kappa shape index (κ1) is 16.9. The molecule has 0 heterocycles. The maximum absolute atomic E-state index is 3.55. The topological polar surface area (TPSA) is 18.5 Å². The van der Waals surface area contributed by atoms with E-state index in [2.05, 4.69) is 57.2 Å². The average molecular weight is 269 g/mol. The Labute approximate surface area is 120 Å². The van der Waals surface area contributed by atoms with Crippen LogP contribution in [0.5, 0.6) is 0 Å². The Morgan fingerprint density at radius 3 is 2.32 bits per heavy atom. The predicted octanol–water partition coefficient (Wildman–Crippen LogP) is 2.14. The summed E-state index contributed by atoms with van der Waals surface area (Å²) >= 11 is 0. The molecule has 0 saturated heterocycles. The van der Waals surface area contributed by atoms with Crippen LogP contribution in [0.2, 0.25) is 0 Å². The van der Waals surface area contributed by atoms with Crippen molar-refractivity contribution < 1.29 is 0 Å². The quantitative estimate of drug-likeness (QED) is 0.764. The van der Waals surface area contributed by atoms with Gasteiger partial charge in [0, 0.05) is 25.7 Å². The Hall–Kier alpha value is -0.120. The van der Waals surface area contributed by atoms with Gasteiger partial charge in [-0.25, -0.2) is 0 Å². The minimum atomic E-state index is 0.719. The zero-order valence-electron chi connectivity index (χ0n) is 13.9. The summed E-state index contributed by atoms with van der Waals surface area (Å²) in [6, 6.07) is 0.719. The smallest absolute Gasteiger partial charge is 0.0106 e. The summed E-state index contributed by atoms with van der Waals surface area (Å²) in [7, 11) is 8.71. The Kier molecular flexibility index (Phi) is 7.33. The zero-order valence-corrected chi connectivity index (χ0v) is 13.9. The Bertz CT molecular complexity index is 240. The van der Waals surface area contributed by atoms with Gasteiger partial charge in [-0.15, -0.1) is 0 Å². The van der Waals surface area contributed by atoms with E-state index in [9.17, 15) is 0 Å². The first-order chi connectivity index (χ1) is 8.93. The largest absolute Gasteiger partial charge is 0.317 e. The summed E-state index contributed by atoms with van der Waals surface area (Å²) in [6.45, 7) is 8.34. The SMILES string of the molecule is CNC1CCC(C(C)C)CC1CN(C)CCN(C)C. The van der Waals surface area contributed by atoms with Crippen molar-refractivity contribution in [1.82, 2.24) is 15.1 Å². The summed E-state index contributed by atoms with van der Waals surface area (Å²) < 4.78 is 0. The fourth-order valence-electron chi connectivity index (χ4n) is 3.35.